The Kier molecular flexibility index (Phi) is 3.09. The summed E-state index contributed by atoms with van der Waals surface area (Å²) in [6.07, 6.45) is 0. The van der Waals surface area contributed by atoms with E-state index in [1.54, 1.807) is 16.6 Å². The lowest BCUT2D eigenvalue weighted by Gasteiger charge is -1.97. The van der Waals surface area contributed by atoms with Crippen LogP contribution in [-0.2, 0) is 0 Å². The van der Waals surface area contributed by atoms with Gasteiger partial charge in [0.2, 0.25) is 4.96 Å². The summed E-state index contributed by atoms with van der Waals surface area (Å²) in [5, 5.41) is 24.4. The van der Waals surface area contributed by atoms with Gasteiger partial charge in [0.1, 0.15) is 5.01 Å². The summed E-state index contributed by atoms with van der Waals surface area (Å²) < 4.78 is 1.66. The van der Waals surface area contributed by atoms with Gasteiger partial charge in [0.15, 0.2) is 5.82 Å². The second-order valence-corrected chi connectivity index (χ2v) is 5.75. The minimum atomic E-state index is -0.417. The first-order valence-electron chi connectivity index (χ1n) is 6.75. The second kappa shape index (κ2) is 5.25. The molecule has 0 radical (unpaired) electrons. The molecular weight excluding hydrogens is 314 g/mol. The number of fused-ring (bicyclic) bond motifs is 1. The van der Waals surface area contributed by atoms with E-state index < -0.39 is 4.92 Å². The first-order chi connectivity index (χ1) is 11.2. The molecule has 7 nitrogen and oxygen atoms in total. The van der Waals surface area contributed by atoms with E-state index in [-0.39, 0.29) is 5.69 Å². The Labute approximate surface area is 134 Å². The molecule has 4 rings (SSSR count). The van der Waals surface area contributed by atoms with Gasteiger partial charge in [-0.15, -0.1) is 10.2 Å². The number of nitro benzene ring substituents is 1. The van der Waals surface area contributed by atoms with E-state index in [0.29, 0.717) is 21.4 Å². The highest BCUT2D eigenvalue weighted by Crippen LogP contribution is 2.29. The van der Waals surface area contributed by atoms with Crippen molar-refractivity contribution in [1.29, 1.82) is 0 Å². The number of nitro groups is 1. The van der Waals surface area contributed by atoms with Crippen molar-refractivity contribution in [2.24, 2.45) is 0 Å². The summed E-state index contributed by atoms with van der Waals surface area (Å²) in [6.45, 7) is 0. The number of rotatable bonds is 3. The maximum Gasteiger partial charge on any atom is 0.270 e. The van der Waals surface area contributed by atoms with E-state index >= 15 is 0 Å². The Hall–Kier alpha value is -3.13. The third kappa shape index (κ3) is 2.34. The average Bonchev–Trinajstić information content (AvgIpc) is 3.16. The van der Waals surface area contributed by atoms with Crippen LogP contribution in [0.25, 0.3) is 26.9 Å². The van der Waals surface area contributed by atoms with Crippen LogP contribution in [0, 0.1) is 10.1 Å². The van der Waals surface area contributed by atoms with E-state index in [1.807, 2.05) is 30.3 Å². The Morgan fingerprint density at radius 1 is 1.00 bits per heavy atom. The van der Waals surface area contributed by atoms with E-state index in [0.717, 1.165) is 5.56 Å². The Morgan fingerprint density at radius 3 is 2.57 bits per heavy atom. The van der Waals surface area contributed by atoms with E-state index in [1.165, 1.54) is 23.5 Å². The molecule has 0 saturated carbocycles. The normalized spacial score (nSPS) is 11.0. The average molecular weight is 323 g/mol. The molecule has 0 aliphatic carbocycles. The third-order valence-corrected chi connectivity index (χ3v) is 4.27. The summed E-state index contributed by atoms with van der Waals surface area (Å²) >= 11 is 1.34. The molecule has 0 fully saturated rings. The van der Waals surface area contributed by atoms with Crippen molar-refractivity contribution < 1.29 is 4.92 Å². The van der Waals surface area contributed by atoms with Crippen LogP contribution in [0.2, 0.25) is 0 Å². The minimum Gasteiger partial charge on any atom is -0.258 e. The largest absolute Gasteiger partial charge is 0.270 e. The van der Waals surface area contributed by atoms with Crippen molar-refractivity contribution in [2.75, 3.05) is 0 Å². The fourth-order valence-electron chi connectivity index (χ4n) is 2.25. The van der Waals surface area contributed by atoms with Crippen LogP contribution < -0.4 is 0 Å². The highest BCUT2D eigenvalue weighted by molar-refractivity contribution is 7.19. The molecule has 0 unspecified atom stereocenters. The smallest absolute Gasteiger partial charge is 0.258 e. The van der Waals surface area contributed by atoms with Gasteiger partial charge in [-0.05, 0) is 0 Å². The van der Waals surface area contributed by atoms with E-state index in [9.17, 15) is 10.1 Å². The maximum absolute atomic E-state index is 10.9. The number of benzene rings is 2. The van der Waals surface area contributed by atoms with Gasteiger partial charge in [-0.3, -0.25) is 10.1 Å². The van der Waals surface area contributed by atoms with Crippen LogP contribution in [-0.4, -0.2) is 24.7 Å². The lowest BCUT2D eigenvalue weighted by Crippen LogP contribution is -1.91. The minimum absolute atomic E-state index is 0.0387. The molecule has 2 aromatic heterocycles. The van der Waals surface area contributed by atoms with Crippen LogP contribution >= 0.6 is 11.3 Å². The number of nitrogens with zero attached hydrogens (tertiary/aromatic N) is 5. The van der Waals surface area contributed by atoms with Crippen LogP contribution in [0.15, 0.2) is 54.6 Å². The molecule has 2 heterocycles. The SMILES string of the molecule is O=[N+]([O-])c1cccc(-c2nn3c(-c4ccccc4)nnc3s2)c1. The van der Waals surface area contributed by atoms with Crippen LogP contribution in [0.1, 0.15) is 0 Å². The topological polar surface area (TPSA) is 86.2 Å². The quantitative estimate of drug-likeness (QED) is 0.426. The second-order valence-electron chi connectivity index (χ2n) is 4.80. The van der Waals surface area contributed by atoms with Crippen molar-refractivity contribution in [1.82, 2.24) is 19.8 Å². The van der Waals surface area contributed by atoms with Gasteiger partial charge in [0.05, 0.1) is 4.92 Å². The van der Waals surface area contributed by atoms with Crippen molar-refractivity contribution in [2.45, 2.75) is 0 Å². The van der Waals surface area contributed by atoms with Gasteiger partial charge in [0.25, 0.3) is 5.69 Å². The molecule has 0 saturated heterocycles. The zero-order valence-electron chi connectivity index (χ0n) is 11.7. The molecule has 2 aromatic carbocycles. The summed E-state index contributed by atoms with van der Waals surface area (Å²) in [4.78, 5) is 11.1. The van der Waals surface area contributed by atoms with E-state index in [4.69, 9.17) is 0 Å². The highest BCUT2D eigenvalue weighted by Gasteiger charge is 2.15. The van der Waals surface area contributed by atoms with Gasteiger partial charge < -0.3 is 0 Å². The van der Waals surface area contributed by atoms with Gasteiger partial charge in [-0.1, -0.05) is 53.8 Å². The standard InChI is InChI=1S/C15H9N5O2S/c21-20(22)12-8-4-7-11(9-12)14-18-19-13(16-17-15(19)23-14)10-5-2-1-3-6-10/h1-9H. The molecule has 0 N–H and O–H groups in total. The molecule has 0 aliphatic heterocycles. The third-order valence-electron chi connectivity index (χ3n) is 3.33. The molecule has 0 bridgehead atoms. The number of hydrogen-bond acceptors (Lipinski definition) is 6. The fourth-order valence-corrected chi connectivity index (χ4v) is 3.09. The van der Waals surface area contributed by atoms with Crippen molar-refractivity contribution >= 4 is 22.0 Å². The lowest BCUT2D eigenvalue weighted by atomic mass is 10.2. The molecule has 0 spiro atoms. The molecule has 0 amide bonds. The molecular formula is C15H9N5O2S. The molecule has 4 aromatic rings. The maximum atomic E-state index is 10.9. The zero-order chi connectivity index (χ0) is 15.8. The number of non-ortho nitro benzene ring substituents is 1. The molecule has 0 aliphatic rings. The summed E-state index contributed by atoms with van der Waals surface area (Å²) in [5.41, 5.74) is 1.64. The first kappa shape index (κ1) is 13.5. The predicted molar refractivity (Wildman–Crippen MR) is 86.2 cm³/mol. The lowest BCUT2D eigenvalue weighted by molar-refractivity contribution is -0.384. The number of hydrogen-bond donors (Lipinski definition) is 0. The predicted octanol–water partition coefficient (Wildman–Crippen LogP) is 3.43. The molecule has 8 heteroatoms. The van der Waals surface area contributed by atoms with E-state index in [2.05, 4.69) is 15.3 Å². The Bertz CT molecular complexity index is 1010. The molecule has 23 heavy (non-hydrogen) atoms. The summed E-state index contributed by atoms with van der Waals surface area (Å²) in [6, 6.07) is 16.0. The van der Waals surface area contributed by atoms with Crippen LogP contribution in [0.4, 0.5) is 5.69 Å². The van der Waals surface area contributed by atoms with Crippen molar-refractivity contribution in [3.8, 4) is 22.0 Å². The van der Waals surface area contributed by atoms with Crippen LogP contribution in [0.5, 0.6) is 0 Å². The summed E-state index contributed by atoms with van der Waals surface area (Å²) in [5.74, 6) is 0.647. The van der Waals surface area contributed by atoms with Crippen LogP contribution in [0.3, 0.4) is 0 Å². The Morgan fingerprint density at radius 2 is 1.78 bits per heavy atom. The van der Waals surface area contributed by atoms with Gasteiger partial charge in [-0.2, -0.15) is 9.61 Å². The zero-order valence-corrected chi connectivity index (χ0v) is 12.5. The van der Waals surface area contributed by atoms with Gasteiger partial charge >= 0.3 is 0 Å². The van der Waals surface area contributed by atoms with Crippen molar-refractivity contribution in [3.63, 3.8) is 0 Å². The summed E-state index contributed by atoms with van der Waals surface area (Å²) in [7, 11) is 0. The molecule has 112 valence electrons. The highest BCUT2D eigenvalue weighted by atomic mass is 32.1. The molecule has 0 atom stereocenters. The Balaban J connectivity index is 1.83. The van der Waals surface area contributed by atoms with Gasteiger partial charge in [-0.25, -0.2) is 0 Å². The first-order valence-corrected chi connectivity index (χ1v) is 7.56. The monoisotopic (exact) mass is 323 g/mol. The van der Waals surface area contributed by atoms with Gasteiger partial charge in [0, 0.05) is 23.3 Å². The fraction of sp³-hybridized carbons (Fsp3) is 0. The number of aromatic nitrogens is 4. The van der Waals surface area contributed by atoms with Crippen molar-refractivity contribution in [3.05, 3.63) is 64.7 Å².